The third kappa shape index (κ3) is 3.26. The molecule has 2 aliphatic rings. The van der Waals surface area contributed by atoms with E-state index in [1.165, 1.54) is 42.4 Å². The molecule has 0 N–H and O–H groups in total. The van der Waals surface area contributed by atoms with E-state index < -0.39 is 16.6 Å². The van der Waals surface area contributed by atoms with Gasteiger partial charge < -0.3 is 0 Å². The van der Waals surface area contributed by atoms with Crippen LogP contribution in [-0.2, 0) is 23.0 Å². The molecule has 26 heavy (non-hydrogen) atoms. The van der Waals surface area contributed by atoms with Crippen LogP contribution in [0.4, 0.5) is 0 Å². The van der Waals surface area contributed by atoms with Crippen molar-refractivity contribution in [2.24, 2.45) is 0 Å². The Hall–Kier alpha value is -1.15. The Labute approximate surface area is 164 Å². The molecule has 0 saturated heterocycles. The van der Waals surface area contributed by atoms with Crippen LogP contribution < -0.4 is 3.87 Å². The van der Waals surface area contributed by atoms with E-state index >= 15 is 0 Å². The summed E-state index contributed by atoms with van der Waals surface area (Å²) < 4.78 is 3.67. The summed E-state index contributed by atoms with van der Waals surface area (Å²) in [6.45, 7) is 7.46. The van der Waals surface area contributed by atoms with Crippen LogP contribution in [0.3, 0.4) is 0 Å². The number of hydrogen-bond acceptors (Lipinski definition) is 0. The number of benzene rings is 2. The van der Waals surface area contributed by atoms with Crippen molar-refractivity contribution in [3.63, 3.8) is 0 Å². The van der Waals surface area contributed by atoms with Crippen molar-refractivity contribution in [3.8, 4) is 11.1 Å². The van der Waals surface area contributed by atoms with Gasteiger partial charge in [0.15, 0.2) is 0 Å². The molecule has 2 aromatic carbocycles. The predicted octanol–water partition coefficient (Wildman–Crippen LogP) is 6.16. The fraction of sp³-hybridized carbons (Fsp3) is 0.333. The fourth-order valence-corrected chi connectivity index (χ4v) is 16.1. The summed E-state index contributed by atoms with van der Waals surface area (Å²) in [4.78, 5) is 0. The van der Waals surface area contributed by atoms with Crippen LogP contribution in [0.25, 0.3) is 11.1 Å². The van der Waals surface area contributed by atoms with Gasteiger partial charge in [-0.15, -0.1) is 0 Å². The molecule has 0 fully saturated rings. The molecule has 132 valence electrons. The molecule has 4 rings (SSSR count). The number of unbranched alkanes of at least 4 members (excludes halogenated alkanes) is 1. The van der Waals surface area contributed by atoms with Crippen LogP contribution in [0.15, 0.2) is 64.1 Å². The van der Waals surface area contributed by atoms with Crippen LogP contribution in [-0.4, -0.2) is 6.19 Å². The minimum atomic E-state index is -1.42. The van der Waals surface area contributed by atoms with Gasteiger partial charge in [-0.3, -0.25) is 0 Å². The minimum absolute atomic E-state index is 0.304. The van der Waals surface area contributed by atoms with E-state index in [4.69, 9.17) is 0 Å². The second kappa shape index (κ2) is 7.84. The number of fused-ring (bicyclic) bond motifs is 3. The van der Waals surface area contributed by atoms with Gasteiger partial charge in [-0.25, -0.2) is 0 Å². The second-order valence-electron chi connectivity index (χ2n) is 7.75. The van der Waals surface area contributed by atoms with Crippen molar-refractivity contribution in [1.82, 2.24) is 0 Å². The molecule has 0 spiro atoms. The van der Waals surface area contributed by atoms with Gasteiger partial charge in [0.05, 0.1) is 0 Å². The van der Waals surface area contributed by atoms with Crippen LogP contribution in [0.5, 0.6) is 0 Å². The maximum absolute atomic E-state index is 2.57. The summed E-state index contributed by atoms with van der Waals surface area (Å²) in [5, 5.41) is 0. The Bertz CT molecular complexity index is 942. The average Bonchev–Trinajstić information content (AvgIpc) is 3.25. The SMILES string of the molecule is CCCCC1=[C]([Ti]([c]2cccc3c2Cc2ccccc2-3)=[Si](C)C)CC=C1. The first-order chi connectivity index (χ1) is 12.7. The molecule has 2 aromatic rings. The zero-order chi connectivity index (χ0) is 18.1. The van der Waals surface area contributed by atoms with Gasteiger partial charge in [-0.2, -0.15) is 0 Å². The van der Waals surface area contributed by atoms with Gasteiger partial charge in [0.2, 0.25) is 0 Å². The van der Waals surface area contributed by atoms with Crippen LogP contribution in [0.2, 0.25) is 13.1 Å². The van der Waals surface area contributed by atoms with Crippen LogP contribution >= 0.6 is 0 Å². The average molecular weight is 392 g/mol. The van der Waals surface area contributed by atoms with E-state index in [0.717, 1.165) is 6.42 Å². The quantitative estimate of drug-likeness (QED) is 0.457. The molecule has 0 saturated carbocycles. The first-order valence-corrected chi connectivity index (χ1v) is 16.4. The molecule has 0 unspecified atom stereocenters. The Morgan fingerprint density at radius 1 is 1.00 bits per heavy atom. The topological polar surface area (TPSA) is 0 Å². The summed E-state index contributed by atoms with van der Waals surface area (Å²) in [6, 6.07) is 16.2. The molecule has 2 aliphatic carbocycles. The third-order valence-corrected chi connectivity index (χ3v) is 17.1. The van der Waals surface area contributed by atoms with Gasteiger partial charge in [-0.1, -0.05) is 0 Å². The Balaban J connectivity index is 1.83. The Morgan fingerprint density at radius 2 is 1.81 bits per heavy atom. The van der Waals surface area contributed by atoms with Gasteiger partial charge >= 0.3 is 165 Å². The van der Waals surface area contributed by atoms with Crippen molar-refractivity contribution in [2.45, 2.75) is 52.1 Å². The fourth-order valence-electron chi connectivity index (χ4n) is 4.54. The van der Waals surface area contributed by atoms with E-state index in [2.05, 4.69) is 74.6 Å². The second-order valence-corrected chi connectivity index (χ2v) is 19.5. The summed E-state index contributed by atoms with van der Waals surface area (Å²) in [5.41, 5.74) is 7.91. The maximum atomic E-state index is 2.57. The number of rotatable bonds is 5. The van der Waals surface area contributed by atoms with Crippen molar-refractivity contribution >= 4 is 10.1 Å². The van der Waals surface area contributed by atoms with Gasteiger partial charge in [0.25, 0.3) is 0 Å². The van der Waals surface area contributed by atoms with E-state index in [9.17, 15) is 0 Å². The molecule has 2 heteroatoms. The predicted molar refractivity (Wildman–Crippen MR) is 112 cm³/mol. The molecule has 0 bridgehead atoms. The van der Waals surface area contributed by atoms with Crippen LogP contribution in [0, 0.1) is 0 Å². The first-order valence-electron chi connectivity index (χ1n) is 9.97. The molecule has 0 heterocycles. The van der Waals surface area contributed by atoms with E-state index in [1.807, 2.05) is 3.88 Å². The number of allylic oxidation sites excluding steroid dienone is 4. The molecule has 0 nitrogen and oxygen atoms in total. The van der Waals surface area contributed by atoms with Crippen molar-refractivity contribution < 1.29 is 16.6 Å². The molecule has 0 aromatic heterocycles. The monoisotopic (exact) mass is 392 g/mol. The van der Waals surface area contributed by atoms with E-state index in [1.54, 1.807) is 15.0 Å². The Morgan fingerprint density at radius 3 is 2.62 bits per heavy atom. The van der Waals surface area contributed by atoms with Gasteiger partial charge in [-0.05, 0) is 0 Å². The normalized spacial score (nSPS) is 14.6. The van der Waals surface area contributed by atoms with Crippen molar-refractivity contribution in [2.75, 3.05) is 0 Å². The van der Waals surface area contributed by atoms with E-state index in [-0.39, 0.29) is 6.19 Å². The first kappa shape index (κ1) is 18.2. The van der Waals surface area contributed by atoms with Crippen LogP contribution in [0.1, 0.15) is 43.7 Å². The summed E-state index contributed by atoms with van der Waals surface area (Å²) in [5.74, 6) is 0. The Kier molecular flexibility index (Phi) is 5.50. The molecule has 0 aliphatic heterocycles. The third-order valence-electron chi connectivity index (χ3n) is 5.75. The summed E-state index contributed by atoms with van der Waals surface area (Å²) in [6.07, 6.45) is 10.9. The van der Waals surface area contributed by atoms with E-state index in [0.29, 0.717) is 0 Å². The zero-order valence-electron chi connectivity index (χ0n) is 16.2. The number of hydrogen-bond donors (Lipinski definition) is 0. The van der Waals surface area contributed by atoms with Crippen molar-refractivity contribution in [3.05, 3.63) is 75.2 Å². The molecular weight excluding hydrogens is 364 g/mol. The molecular formula is C24H28SiTi. The van der Waals surface area contributed by atoms with Gasteiger partial charge in [0, 0.05) is 0 Å². The molecule has 0 atom stereocenters. The molecule has 0 amide bonds. The van der Waals surface area contributed by atoms with Gasteiger partial charge in [0.1, 0.15) is 0 Å². The summed E-state index contributed by atoms with van der Waals surface area (Å²) >= 11 is -1.42. The standard InChI is InChI=1S/C13H9.C9H13.C2H6Si.Ti/c1-3-7-12-10(5-1)9-11-6-2-4-8-13(11)12;1-2-3-6-9-7-4-5-8-9;1-3-2;/h1-5,7-8H,9H2;4,7H,2-3,5-6H2,1H3;1-2H3;. The molecule has 0 radical (unpaired) electrons. The summed E-state index contributed by atoms with van der Waals surface area (Å²) in [7, 11) is 0. The van der Waals surface area contributed by atoms with Crippen molar-refractivity contribution in [1.29, 1.82) is 0 Å². The zero-order valence-corrected chi connectivity index (χ0v) is 18.8.